The van der Waals surface area contributed by atoms with E-state index < -0.39 is 6.04 Å². The maximum absolute atomic E-state index is 12.6. The molecule has 0 aliphatic carbocycles. The quantitative estimate of drug-likeness (QED) is 0.516. The maximum atomic E-state index is 12.6. The number of hydrogen-bond donors (Lipinski definition) is 1. The van der Waals surface area contributed by atoms with Crippen LogP contribution < -0.4 is 5.32 Å². The molecule has 1 N–H and O–H groups in total. The smallest absolute Gasteiger partial charge is 0.328 e. The summed E-state index contributed by atoms with van der Waals surface area (Å²) in [7, 11) is 0. The van der Waals surface area contributed by atoms with E-state index in [0.29, 0.717) is 18.3 Å². The maximum Gasteiger partial charge on any atom is 0.328 e. The third-order valence-electron chi connectivity index (χ3n) is 4.79. The van der Waals surface area contributed by atoms with Gasteiger partial charge >= 0.3 is 5.97 Å². The number of amides is 1. The van der Waals surface area contributed by atoms with Gasteiger partial charge in [0.1, 0.15) is 12.6 Å². The molecule has 0 spiro atoms. The number of rotatable bonds is 12. The van der Waals surface area contributed by atoms with Gasteiger partial charge in [-0.05, 0) is 30.2 Å². The largest absolute Gasteiger partial charge is 0.459 e. The Morgan fingerprint density at radius 3 is 2.30 bits per heavy atom. The van der Waals surface area contributed by atoms with Gasteiger partial charge in [0.05, 0.1) is 0 Å². The van der Waals surface area contributed by atoms with Crippen LogP contribution in [0.5, 0.6) is 0 Å². The lowest BCUT2D eigenvalue weighted by Gasteiger charge is -2.23. The van der Waals surface area contributed by atoms with E-state index in [2.05, 4.69) is 19.2 Å². The van der Waals surface area contributed by atoms with Crippen LogP contribution in [0.3, 0.4) is 0 Å². The summed E-state index contributed by atoms with van der Waals surface area (Å²) in [5.74, 6) is 0.291. The number of unbranched alkanes of at least 4 members (excludes halogenated alkanes) is 1. The topological polar surface area (TPSA) is 55.4 Å². The molecule has 1 rings (SSSR count). The van der Waals surface area contributed by atoms with Crippen LogP contribution in [0.4, 0.5) is 0 Å². The van der Waals surface area contributed by atoms with Crippen molar-refractivity contribution in [1.29, 1.82) is 0 Å². The van der Waals surface area contributed by atoms with E-state index in [1.807, 2.05) is 51.1 Å². The normalized spacial score (nSPS) is 14.4. The van der Waals surface area contributed by atoms with Gasteiger partial charge in [0.2, 0.25) is 5.91 Å². The third-order valence-corrected chi connectivity index (χ3v) is 4.79. The van der Waals surface area contributed by atoms with Crippen LogP contribution in [-0.4, -0.2) is 17.9 Å². The van der Waals surface area contributed by atoms with E-state index in [1.165, 1.54) is 12.8 Å². The average molecular weight is 376 g/mol. The van der Waals surface area contributed by atoms with Crippen LogP contribution in [0.25, 0.3) is 0 Å². The fourth-order valence-electron chi connectivity index (χ4n) is 3.21. The average Bonchev–Trinajstić information content (AvgIpc) is 2.64. The van der Waals surface area contributed by atoms with Gasteiger partial charge in [0.25, 0.3) is 0 Å². The molecule has 0 heterocycles. The monoisotopic (exact) mass is 375 g/mol. The Kier molecular flexibility index (Phi) is 10.8. The minimum Gasteiger partial charge on any atom is -0.459 e. The van der Waals surface area contributed by atoms with E-state index in [0.717, 1.165) is 18.4 Å². The van der Waals surface area contributed by atoms with Crippen molar-refractivity contribution in [2.24, 2.45) is 17.8 Å². The summed E-state index contributed by atoms with van der Waals surface area (Å²) >= 11 is 0. The van der Waals surface area contributed by atoms with E-state index in [1.54, 1.807) is 0 Å². The summed E-state index contributed by atoms with van der Waals surface area (Å²) in [6.45, 7) is 10.6. The first-order valence-corrected chi connectivity index (χ1v) is 10.3. The first kappa shape index (κ1) is 23.2. The number of ether oxygens (including phenoxy) is 1. The second-order valence-corrected chi connectivity index (χ2v) is 8.17. The molecular weight excluding hydrogens is 338 g/mol. The molecule has 0 aliphatic heterocycles. The number of esters is 1. The molecule has 27 heavy (non-hydrogen) atoms. The van der Waals surface area contributed by atoms with Crippen molar-refractivity contribution >= 4 is 11.9 Å². The summed E-state index contributed by atoms with van der Waals surface area (Å²) in [6, 6.07) is 9.01. The molecule has 2 unspecified atom stereocenters. The van der Waals surface area contributed by atoms with Crippen molar-refractivity contribution in [3.63, 3.8) is 0 Å². The Bertz CT molecular complexity index is 556. The summed E-state index contributed by atoms with van der Waals surface area (Å²) in [5.41, 5.74) is 0.943. The van der Waals surface area contributed by atoms with Gasteiger partial charge in [-0.1, -0.05) is 84.2 Å². The van der Waals surface area contributed by atoms with Crippen LogP contribution >= 0.6 is 0 Å². The van der Waals surface area contributed by atoms with Gasteiger partial charge in [-0.3, -0.25) is 4.79 Å². The van der Waals surface area contributed by atoms with Crippen LogP contribution in [0.2, 0.25) is 0 Å². The predicted molar refractivity (Wildman–Crippen MR) is 110 cm³/mol. The van der Waals surface area contributed by atoms with Gasteiger partial charge in [0, 0.05) is 5.92 Å². The summed E-state index contributed by atoms with van der Waals surface area (Å²) in [4.78, 5) is 25.1. The van der Waals surface area contributed by atoms with E-state index in [9.17, 15) is 9.59 Å². The number of hydrogen-bond acceptors (Lipinski definition) is 3. The van der Waals surface area contributed by atoms with E-state index >= 15 is 0 Å². The Morgan fingerprint density at radius 2 is 1.70 bits per heavy atom. The van der Waals surface area contributed by atoms with Crippen molar-refractivity contribution in [1.82, 2.24) is 5.32 Å². The molecule has 0 radical (unpaired) electrons. The van der Waals surface area contributed by atoms with Gasteiger partial charge in [-0.25, -0.2) is 4.79 Å². The molecule has 0 saturated carbocycles. The van der Waals surface area contributed by atoms with Crippen LogP contribution in [-0.2, 0) is 20.9 Å². The standard InChI is InChI=1S/C23H37NO3/c1-6-7-11-18(4)15-19(5)22(25)24-21(14-17(2)3)23(26)27-16-20-12-9-8-10-13-20/h8-10,12-13,17-19,21H,6-7,11,14-16H2,1-5H3,(H,24,25)/t18?,19?,21-/m0/s1. The second-order valence-electron chi connectivity index (χ2n) is 8.17. The number of benzene rings is 1. The molecule has 1 amide bonds. The van der Waals surface area contributed by atoms with Crippen molar-refractivity contribution in [3.05, 3.63) is 35.9 Å². The predicted octanol–water partition coefficient (Wildman–Crippen LogP) is 5.11. The Morgan fingerprint density at radius 1 is 1.04 bits per heavy atom. The molecule has 4 heteroatoms. The Balaban J connectivity index is 2.58. The number of carbonyl (C=O) groups is 2. The summed E-state index contributed by atoms with van der Waals surface area (Å²) in [5, 5.41) is 2.93. The van der Waals surface area contributed by atoms with Crippen molar-refractivity contribution < 1.29 is 14.3 Å². The Labute approximate surface area is 165 Å². The zero-order valence-electron chi connectivity index (χ0n) is 17.7. The summed E-state index contributed by atoms with van der Waals surface area (Å²) in [6.07, 6.45) is 4.94. The lowest BCUT2D eigenvalue weighted by Crippen LogP contribution is -2.45. The minimum absolute atomic E-state index is 0.0549. The van der Waals surface area contributed by atoms with Crippen LogP contribution in [0, 0.1) is 17.8 Å². The molecule has 0 aromatic heterocycles. The van der Waals surface area contributed by atoms with Gasteiger partial charge in [-0.15, -0.1) is 0 Å². The van der Waals surface area contributed by atoms with Crippen molar-refractivity contribution in [3.8, 4) is 0 Å². The number of carbonyl (C=O) groups excluding carboxylic acids is 2. The first-order valence-electron chi connectivity index (χ1n) is 10.3. The molecular formula is C23H37NO3. The number of nitrogens with one attached hydrogen (secondary N) is 1. The highest BCUT2D eigenvalue weighted by Gasteiger charge is 2.26. The van der Waals surface area contributed by atoms with Crippen LogP contribution in [0.1, 0.15) is 72.3 Å². The first-order chi connectivity index (χ1) is 12.8. The highest BCUT2D eigenvalue weighted by Crippen LogP contribution is 2.18. The molecule has 152 valence electrons. The highest BCUT2D eigenvalue weighted by molar-refractivity contribution is 5.85. The lowest BCUT2D eigenvalue weighted by molar-refractivity contribution is -0.150. The Hall–Kier alpha value is -1.84. The third kappa shape index (κ3) is 9.60. The van der Waals surface area contributed by atoms with E-state index in [4.69, 9.17) is 4.74 Å². The lowest BCUT2D eigenvalue weighted by atomic mass is 9.92. The molecule has 0 fully saturated rings. The van der Waals surface area contributed by atoms with E-state index in [-0.39, 0.29) is 24.4 Å². The molecule has 0 bridgehead atoms. The van der Waals surface area contributed by atoms with Gasteiger partial charge in [0.15, 0.2) is 0 Å². The van der Waals surface area contributed by atoms with Crippen LogP contribution in [0.15, 0.2) is 30.3 Å². The highest BCUT2D eigenvalue weighted by atomic mass is 16.5. The molecule has 0 saturated heterocycles. The molecule has 4 nitrogen and oxygen atoms in total. The minimum atomic E-state index is -0.588. The SMILES string of the molecule is CCCCC(C)CC(C)C(=O)N[C@@H](CC(C)C)C(=O)OCc1ccccc1. The summed E-state index contributed by atoms with van der Waals surface area (Å²) < 4.78 is 5.45. The van der Waals surface area contributed by atoms with Crippen molar-refractivity contribution in [2.45, 2.75) is 79.4 Å². The zero-order valence-corrected chi connectivity index (χ0v) is 17.7. The van der Waals surface area contributed by atoms with Crippen molar-refractivity contribution in [2.75, 3.05) is 0 Å². The molecule has 3 atom stereocenters. The zero-order chi connectivity index (χ0) is 20.2. The molecule has 1 aromatic rings. The van der Waals surface area contributed by atoms with Gasteiger partial charge < -0.3 is 10.1 Å². The fraction of sp³-hybridized carbons (Fsp3) is 0.652. The fourth-order valence-corrected chi connectivity index (χ4v) is 3.21. The molecule has 1 aromatic carbocycles. The second kappa shape index (κ2) is 12.5. The molecule has 0 aliphatic rings. The van der Waals surface area contributed by atoms with Gasteiger partial charge in [-0.2, -0.15) is 0 Å².